The first-order valence-electron chi connectivity index (χ1n) is 14.0. The largest absolute Gasteiger partial charge is 0.385 e. The van der Waals surface area contributed by atoms with Crippen LogP contribution >= 0.6 is 0 Å². The van der Waals surface area contributed by atoms with Gasteiger partial charge in [-0.25, -0.2) is 8.78 Å². The van der Waals surface area contributed by atoms with Crippen molar-refractivity contribution in [2.45, 2.75) is 19.6 Å². The summed E-state index contributed by atoms with van der Waals surface area (Å²) in [6.07, 6.45) is 0.805. The van der Waals surface area contributed by atoms with Crippen LogP contribution in [0.5, 0.6) is 0 Å². The van der Waals surface area contributed by atoms with Crippen LogP contribution in [0.3, 0.4) is 0 Å². The predicted molar refractivity (Wildman–Crippen MR) is 160 cm³/mol. The maximum atomic E-state index is 13.5. The number of nitrogens with zero attached hydrogens (tertiary/aromatic N) is 3. The van der Waals surface area contributed by atoms with Crippen molar-refractivity contribution >= 4 is 34.0 Å². The van der Waals surface area contributed by atoms with Crippen LogP contribution in [0.15, 0.2) is 54.6 Å². The van der Waals surface area contributed by atoms with Gasteiger partial charge in [0.15, 0.2) is 5.82 Å². The van der Waals surface area contributed by atoms with Gasteiger partial charge in [0.1, 0.15) is 11.6 Å². The minimum Gasteiger partial charge on any atom is -0.385 e. The number of carbonyl (C=O) groups is 1. The van der Waals surface area contributed by atoms with E-state index in [1.165, 1.54) is 12.1 Å². The van der Waals surface area contributed by atoms with Crippen molar-refractivity contribution < 1.29 is 23.0 Å². The first-order valence-corrected chi connectivity index (χ1v) is 14.0. The zero-order valence-electron chi connectivity index (χ0n) is 23.9. The van der Waals surface area contributed by atoms with E-state index in [1.54, 1.807) is 7.11 Å². The molecule has 4 aromatic rings. The third kappa shape index (κ3) is 7.41. The number of rotatable bonds is 12. The summed E-state index contributed by atoms with van der Waals surface area (Å²) >= 11 is 0. The van der Waals surface area contributed by atoms with Crippen LogP contribution in [-0.4, -0.2) is 74.5 Å². The summed E-state index contributed by atoms with van der Waals surface area (Å²) in [4.78, 5) is 18.2. The van der Waals surface area contributed by atoms with E-state index in [1.807, 2.05) is 36.4 Å². The van der Waals surface area contributed by atoms with Gasteiger partial charge in [0, 0.05) is 69.3 Å². The Balaban J connectivity index is 1.30. The molecular weight excluding hydrogens is 542 g/mol. The molecule has 11 heteroatoms. The molecule has 1 aliphatic heterocycles. The zero-order valence-corrected chi connectivity index (χ0v) is 23.9. The number of fused-ring (bicyclic) bond motifs is 1. The fourth-order valence-electron chi connectivity index (χ4n) is 4.98. The molecule has 0 spiro atoms. The van der Waals surface area contributed by atoms with Crippen LogP contribution in [0, 0.1) is 11.6 Å². The van der Waals surface area contributed by atoms with Gasteiger partial charge in [-0.3, -0.25) is 9.89 Å². The van der Waals surface area contributed by atoms with Crippen LogP contribution in [0.2, 0.25) is 0 Å². The second kappa shape index (κ2) is 13.7. The van der Waals surface area contributed by atoms with Crippen molar-refractivity contribution in [2.24, 2.45) is 0 Å². The minimum atomic E-state index is -0.642. The van der Waals surface area contributed by atoms with E-state index in [4.69, 9.17) is 9.47 Å². The molecule has 222 valence electrons. The van der Waals surface area contributed by atoms with Crippen molar-refractivity contribution in [1.29, 1.82) is 0 Å². The molecule has 1 fully saturated rings. The molecule has 42 heavy (non-hydrogen) atoms. The Morgan fingerprint density at radius 3 is 2.50 bits per heavy atom. The molecule has 9 nitrogen and oxygen atoms in total. The van der Waals surface area contributed by atoms with E-state index in [2.05, 4.69) is 37.7 Å². The summed E-state index contributed by atoms with van der Waals surface area (Å²) in [5.74, 6) is -1.16. The van der Waals surface area contributed by atoms with Gasteiger partial charge in [-0.2, -0.15) is 5.10 Å². The number of ether oxygens (including phenoxy) is 2. The van der Waals surface area contributed by atoms with Gasteiger partial charge in [-0.1, -0.05) is 6.07 Å². The smallest absolute Gasteiger partial charge is 0.258 e. The van der Waals surface area contributed by atoms with Gasteiger partial charge >= 0.3 is 0 Å². The molecule has 1 aliphatic rings. The number of anilines is 3. The summed E-state index contributed by atoms with van der Waals surface area (Å²) < 4.78 is 37.8. The van der Waals surface area contributed by atoms with Gasteiger partial charge in [-0.15, -0.1) is 0 Å². The topological polar surface area (TPSA) is 94.8 Å². The normalized spacial score (nSPS) is 14.0. The molecule has 3 N–H and O–H groups in total. The Hall–Kier alpha value is -4.06. The van der Waals surface area contributed by atoms with Crippen molar-refractivity contribution in [3.05, 3.63) is 82.9 Å². The fourth-order valence-corrected chi connectivity index (χ4v) is 4.98. The van der Waals surface area contributed by atoms with E-state index in [0.717, 1.165) is 66.5 Å². The average Bonchev–Trinajstić information content (AvgIpc) is 3.37. The number of aromatic amines is 1. The van der Waals surface area contributed by atoms with E-state index in [0.29, 0.717) is 30.1 Å². The van der Waals surface area contributed by atoms with Crippen molar-refractivity contribution in [2.75, 3.05) is 69.0 Å². The summed E-state index contributed by atoms with van der Waals surface area (Å²) in [6.45, 7) is 5.39. The first kappa shape index (κ1) is 29.4. The molecule has 1 amide bonds. The standard InChI is InChI=1S/C31H36F2N6O3/c1-38-9-11-39(12-10-38)25-5-6-26(29(18-25)34-8-3-13-41-2)31(40)35-30-27-16-21(4-7-28(27)36-37-30)19-42-20-22-14-23(32)17-24(33)15-22/h4-7,14-18,34H,3,8-13,19-20H2,1-2H3,(H2,35,36,37,40). The fraction of sp³-hybridized carbons (Fsp3) is 0.355. The molecule has 1 aromatic heterocycles. The minimum absolute atomic E-state index is 0.0615. The van der Waals surface area contributed by atoms with Gasteiger partial charge < -0.3 is 29.9 Å². The Labute approximate surface area is 243 Å². The van der Waals surface area contributed by atoms with Gasteiger partial charge in [0.25, 0.3) is 5.91 Å². The molecule has 5 rings (SSSR count). The molecule has 1 saturated heterocycles. The summed E-state index contributed by atoms with van der Waals surface area (Å²) in [5.41, 5.74) is 4.34. The number of amides is 1. The van der Waals surface area contributed by atoms with E-state index in [-0.39, 0.29) is 19.1 Å². The number of nitrogens with one attached hydrogen (secondary N) is 3. The molecule has 0 unspecified atom stereocenters. The average molecular weight is 579 g/mol. The Bertz CT molecular complexity index is 1500. The van der Waals surface area contributed by atoms with Crippen LogP contribution < -0.4 is 15.5 Å². The van der Waals surface area contributed by atoms with E-state index >= 15 is 0 Å². The monoisotopic (exact) mass is 578 g/mol. The number of piperazine rings is 1. The number of benzene rings is 3. The zero-order chi connectivity index (χ0) is 29.5. The number of methoxy groups -OCH3 is 1. The second-order valence-electron chi connectivity index (χ2n) is 10.5. The molecule has 0 saturated carbocycles. The SMILES string of the molecule is COCCCNc1cc(N2CCN(C)CC2)ccc1C(=O)Nc1n[nH]c2ccc(COCc3cc(F)cc(F)c3)cc12. The highest BCUT2D eigenvalue weighted by atomic mass is 19.1. The van der Waals surface area contributed by atoms with Gasteiger partial charge in [0.2, 0.25) is 0 Å². The third-order valence-electron chi connectivity index (χ3n) is 7.28. The second-order valence-corrected chi connectivity index (χ2v) is 10.5. The number of carbonyl (C=O) groups excluding carboxylic acids is 1. The Morgan fingerprint density at radius 2 is 1.74 bits per heavy atom. The van der Waals surface area contributed by atoms with Crippen LogP contribution in [0.25, 0.3) is 10.9 Å². The number of hydrogen-bond donors (Lipinski definition) is 3. The lowest BCUT2D eigenvalue weighted by Crippen LogP contribution is -2.44. The molecule has 2 heterocycles. The van der Waals surface area contributed by atoms with Crippen LogP contribution in [-0.2, 0) is 22.7 Å². The summed E-state index contributed by atoms with van der Waals surface area (Å²) in [7, 11) is 3.79. The summed E-state index contributed by atoms with van der Waals surface area (Å²) in [5, 5.41) is 14.4. The molecule has 0 bridgehead atoms. The lowest BCUT2D eigenvalue weighted by atomic mass is 10.1. The lowest BCUT2D eigenvalue weighted by molar-refractivity contribution is 0.102. The van der Waals surface area contributed by atoms with Crippen LogP contribution in [0.1, 0.15) is 27.9 Å². The number of halogens is 2. The number of aromatic nitrogens is 2. The molecule has 0 radical (unpaired) electrons. The Morgan fingerprint density at radius 1 is 0.976 bits per heavy atom. The quantitative estimate of drug-likeness (QED) is 0.204. The van der Waals surface area contributed by atoms with Gasteiger partial charge in [0.05, 0.1) is 24.3 Å². The maximum absolute atomic E-state index is 13.5. The molecular formula is C31H36F2N6O3. The predicted octanol–water partition coefficient (Wildman–Crippen LogP) is 5.01. The molecule has 0 aliphatic carbocycles. The number of H-pyrrole nitrogens is 1. The lowest BCUT2D eigenvalue weighted by Gasteiger charge is -2.34. The molecule has 0 atom stereocenters. The maximum Gasteiger partial charge on any atom is 0.258 e. The highest BCUT2D eigenvalue weighted by molar-refractivity contribution is 6.11. The van der Waals surface area contributed by atoms with Crippen molar-refractivity contribution in [3.8, 4) is 0 Å². The number of hydrogen-bond acceptors (Lipinski definition) is 7. The third-order valence-corrected chi connectivity index (χ3v) is 7.28. The Kier molecular flexibility index (Phi) is 9.63. The summed E-state index contributed by atoms with van der Waals surface area (Å²) in [6, 6.07) is 14.8. The van der Waals surface area contributed by atoms with Crippen molar-refractivity contribution in [3.63, 3.8) is 0 Å². The number of likely N-dealkylation sites (N-methyl/N-ethyl adjacent to an activating group) is 1. The van der Waals surface area contributed by atoms with E-state index in [9.17, 15) is 13.6 Å². The van der Waals surface area contributed by atoms with Gasteiger partial charge in [-0.05, 0) is 67.1 Å². The highest BCUT2D eigenvalue weighted by Crippen LogP contribution is 2.28. The van der Waals surface area contributed by atoms with Crippen LogP contribution in [0.4, 0.5) is 26.0 Å². The highest BCUT2D eigenvalue weighted by Gasteiger charge is 2.19. The first-order chi connectivity index (χ1) is 20.4. The molecule has 3 aromatic carbocycles. The van der Waals surface area contributed by atoms with Crippen molar-refractivity contribution in [1.82, 2.24) is 15.1 Å². The van der Waals surface area contributed by atoms with E-state index < -0.39 is 11.6 Å².